The number of nitrogens with one attached hydrogen (secondary N) is 2. The Morgan fingerprint density at radius 2 is 1.71 bits per heavy atom. The summed E-state index contributed by atoms with van der Waals surface area (Å²) in [5, 5.41) is 5.63. The molecule has 1 aromatic carbocycles. The van der Waals surface area contributed by atoms with Crippen molar-refractivity contribution in [1.29, 1.82) is 0 Å². The maximum absolute atomic E-state index is 13.0. The number of ether oxygens (including phenoxy) is 1. The molecule has 3 fully saturated rings. The van der Waals surface area contributed by atoms with Crippen LogP contribution in [0.15, 0.2) is 24.3 Å². The third-order valence-electron chi connectivity index (χ3n) is 7.48. The fourth-order valence-corrected chi connectivity index (χ4v) is 5.43. The van der Waals surface area contributed by atoms with Gasteiger partial charge in [-0.15, -0.1) is 0 Å². The van der Waals surface area contributed by atoms with Gasteiger partial charge in [0.25, 0.3) is 11.8 Å². The van der Waals surface area contributed by atoms with Crippen LogP contribution >= 0.6 is 0 Å². The van der Waals surface area contributed by atoms with Crippen LogP contribution in [0.3, 0.4) is 0 Å². The fraction of sp³-hybridized carbons (Fsp3) is 0.615. The van der Waals surface area contributed by atoms with Crippen LogP contribution in [-0.4, -0.2) is 70.9 Å². The van der Waals surface area contributed by atoms with Gasteiger partial charge in [-0.25, -0.2) is 4.79 Å². The summed E-state index contributed by atoms with van der Waals surface area (Å²) in [5.41, 5.74) is 0.565. The van der Waals surface area contributed by atoms with Gasteiger partial charge in [-0.1, -0.05) is 25.5 Å². The van der Waals surface area contributed by atoms with Gasteiger partial charge in [0.2, 0.25) is 5.91 Å². The minimum atomic E-state index is -0.846. The van der Waals surface area contributed by atoms with Crippen LogP contribution in [0.4, 0.5) is 4.79 Å². The Morgan fingerprint density at radius 3 is 2.31 bits per heavy atom. The molecule has 2 saturated heterocycles. The Labute approximate surface area is 206 Å². The molecule has 4 rings (SSSR count). The van der Waals surface area contributed by atoms with Crippen LogP contribution in [0, 0.1) is 5.92 Å². The van der Waals surface area contributed by atoms with Crippen molar-refractivity contribution in [2.24, 2.45) is 5.92 Å². The maximum atomic E-state index is 13.0. The molecule has 0 radical (unpaired) electrons. The number of nitrogens with zero attached hydrogens (tertiary/aromatic N) is 2. The summed E-state index contributed by atoms with van der Waals surface area (Å²) in [6.07, 6.45) is 4.15. The third-order valence-corrected chi connectivity index (χ3v) is 7.48. The Hall–Kier alpha value is -2.94. The quantitative estimate of drug-likeness (QED) is 0.603. The normalized spacial score (nSPS) is 28.8. The van der Waals surface area contributed by atoms with Crippen molar-refractivity contribution in [2.75, 3.05) is 19.6 Å². The largest absolute Gasteiger partial charge is 0.372 e. The summed E-state index contributed by atoms with van der Waals surface area (Å²) in [5.74, 6) is -0.139. The summed E-state index contributed by atoms with van der Waals surface area (Å²) in [6.45, 7) is 7.12. The minimum Gasteiger partial charge on any atom is -0.372 e. The van der Waals surface area contributed by atoms with Gasteiger partial charge in [0, 0.05) is 25.2 Å². The van der Waals surface area contributed by atoms with Gasteiger partial charge in [0.05, 0.1) is 12.2 Å². The number of imide groups is 1. The summed E-state index contributed by atoms with van der Waals surface area (Å²) in [7, 11) is 0. The summed E-state index contributed by atoms with van der Waals surface area (Å²) >= 11 is 0. The highest BCUT2D eigenvalue weighted by molar-refractivity contribution is 6.09. The molecule has 9 nitrogen and oxygen atoms in total. The molecule has 0 aromatic heterocycles. The van der Waals surface area contributed by atoms with E-state index < -0.39 is 17.5 Å². The molecular formula is C26H36N4O5. The van der Waals surface area contributed by atoms with Gasteiger partial charge >= 0.3 is 6.03 Å². The Bertz CT molecular complexity index is 960. The van der Waals surface area contributed by atoms with E-state index in [-0.39, 0.29) is 37.1 Å². The van der Waals surface area contributed by atoms with Crippen molar-refractivity contribution in [2.45, 2.75) is 77.2 Å². The van der Waals surface area contributed by atoms with Crippen molar-refractivity contribution < 1.29 is 23.9 Å². The predicted molar refractivity (Wildman–Crippen MR) is 129 cm³/mol. The molecule has 5 amide bonds. The van der Waals surface area contributed by atoms with Gasteiger partial charge in [-0.3, -0.25) is 19.3 Å². The number of benzene rings is 1. The lowest BCUT2D eigenvalue weighted by molar-refractivity contribution is -0.136. The number of amides is 5. The SMILES string of the molecule is CCC1CCC2(CC1)NC(=O)N(CC(=O)NCc1ccc(C(=O)N3CC(C)OC(C)C3)cc1)C2=O. The van der Waals surface area contributed by atoms with Crippen LogP contribution in [-0.2, 0) is 20.9 Å². The average molecular weight is 485 g/mol. The van der Waals surface area contributed by atoms with E-state index >= 15 is 0 Å². The number of hydrogen-bond donors (Lipinski definition) is 2. The Morgan fingerprint density at radius 1 is 1.09 bits per heavy atom. The van der Waals surface area contributed by atoms with E-state index in [4.69, 9.17) is 4.74 Å². The molecule has 1 aliphatic carbocycles. The fourth-order valence-electron chi connectivity index (χ4n) is 5.43. The Balaban J connectivity index is 1.28. The first-order chi connectivity index (χ1) is 16.7. The van der Waals surface area contributed by atoms with Crippen LogP contribution < -0.4 is 10.6 Å². The van der Waals surface area contributed by atoms with E-state index in [1.807, 2.05) is 13.8 Å². The van der Waals surface area contributed by atoms with E-state index in [1.54, 1.807) is 29.2 Å². The molecule has 9 heteroatoms. The molecule has 2 atom stereocenters. The predicted octanol–water partition coefficient (Wildman–Crippen LogP) is 2.44. The molecule has 2 N–H and O–H groups in total. The molecule has 1 spiro atoms. The lowest BCUT2D eigenvalue weighted by Crippen LogP contribution is -2.50. The highest BCUT2D eigenvalue weighted by Gasteiger charge is 2.52. The lowest BCUT2D eigenvalue weighted by Gasteiger charge is -2.35. The number of carbonyl (C=O) groups excluding carboxylic acids is 4. The number of carbonyl (C=O) groups is 4. The molecule has 2 heterocycles. The van der Waals surface area contributed by atoms with E-state index in [0.29, 0.717) is 37.4 Å². The summed E-state index contributed by atoms with van der Waals surface area (Å²) in [6, 6.07) is 6.62. The van der Waals surface area contributed by atoms with Crippen molar-refractivity contribution in [3.8, 4) is 0 Å². The smallest absolute Gasteiger partial charge is 0.325 e. The van der Waals surface area contributed by atoms with Gasteiger partial charge in [0.15, 0.2) is 0 Å². The summed E-state index contributed by atoms with van der Waals surface area (Å²) in [4.78, 5) is 53.6. The van der Waals surface area contributed by atoms with E-state index in [0.717, 1.165) is 29.7 Å². The zero-order valence-electron chi connectivity index (χ0n) is 20.8. The molecular weight excluding hydrogens is 448 g/mol. The summed E-state index contributed by atoms with van der Waals surface area (Å²) < 4.78 is 5.69. The van der Waals surface area contributed by atoms with E-state index in [1.165, 1.54) is 0 Å². The molecule has 190 valence electrons. The lowest BCUT2D eigenvalue weighted by atomic mass is 9.75. The van der Waals surface area contributed by atoms with Crippen LogP contribution in [0.25, 0.3) is 0 Å². The molecule has 2 aliphatic heterocycles. The first kappa shape index (κ1) is 25.2. The molecule has 1 saturated carbocycles. The van der Waals surface area contributed by atoms with Gasteiger partial charge in [-0.05, 0) is 63.1 Å². The monoisotopic (exact) mass is 484 g/mol. The molecule has 2 unspecified atom stereocenters. The molecule has 3 aliphatic rings. The second kappa shape index (κ2) is 10.4. The number of hydrogen-bond acceptors (Lipinski definition) is 5. The van der Waals surface area contributed by atoms with Crippen LogP contribution in [0.5, 0.6) is 0 Å². The second-order valence-electron chi connectivity index (χ2n) is 10.2. The first-order valence-corrected chi connectivity index (χ1v) is 12.6. The highest BCUT2D eigenvalue weighted by atomic mass is 16.5. The van der Waals surface area contributed by atoms with Crippen molar-refractivity contribution in [3.63, 3.8) is 0 Å². The molecule has 35 heavy (non-hydrogen) atoms. The topological polar surface area (TPSA) is 108 Å². The highest BCUT2D eigenvalue weighted by Crippen LogP contribution is 2.37. The second-order valence-corrected chi connectivity index (χ2v) is 10.2. The third kappa shape index (κ3) is 5.50. The van der Waals surface area contributed by atoms with Crippen molar-refractivity contribution >= 4 is 23.8 Å². The van der Waals surface area contributed by atoms with Gasteiger partial charge < -0.3 is 20.3 Å². The zero-order chi connectivity index (χ0) is 25.2. The van der Waals surface area contributed by atoms with Crippen molar-refractivity contribution in [3.05, 3.63) is 35.4 Å². The maximum Gasteiger partial charge on any atom is 0.325 e. The molecule has 1 aromatic rings. The number of rotatable bonds is 6. The van der Waals surface area contributed by atoms with Gasteiger partial charge in [0.1, 0.15) is 12.1 Å². The van der Waals surface area contributed by atoms with Crippen molar-refractivity contribution in [1.82, 2.24) is 20.4 Å². The van der Waals surface area contributed by atoms with Crippen LogP contribution in [0.2, 0.25) is 0 Å². The first-order valence-electron chi connectivity index (χ1n) is 12.6. The zero-order valence-corrected chi connectivity index (χ0v) is 20.8. The van der Waals surface area contributed by atoms with E-state index in [9.17, 15) is 19.2 Å². The number of morpholine rings is 1. The average Bonchev–Trinajstić information content (AvgIpc) is 3.06. The number of urea groups is 1. The van der Waals surface area contributed by atoms with E-state index in [2.05, 4.69) is 17.6 Å². The minimum absolute atomic E-state index is 0.00278. The van der Waals surface area contributed by atoms with Crippen LogP contribution in [0.1, 0.15) is 68.8 Å². The standard InChI is InChI=1S/C26H36N4O5/c1-4-19-9-11-26(12-10-19)24(33)30(25(34)28-26)16-22(31)27-13-20-5-7-21(8-6-20)23(32)29-14-17(2)35-18(3)15-29/h5-8,17-19H,4,9-16H2,1-3H3,(H,27,31)(H,28,34). The molecule has 0 bridgehead atoms. The Kier molecular flexibility index (Phi) is 7.44. The van der Waals surface area contributed by atoms with Gasteiger partial charge in [-0.2, -0.15) is 0 Å².